The number of ether oxygens (including phenoxy) is 1. The fourth-order valence-corrected chi connectivity index (χ4v) is 3.34. The van der Waals surface area contributed by atoms with Gasteiger partial charge >= 0.3 is 12.2 Å². The number of carbonyl (C=O) groups is 2. The number of halogens is 3. The molecular formula is C24H27F3N4O4. The second-order valence-corrected chi connectivity index (χ2v) is 7.86. The summed E-state index contributed by atoms with van der Waals surface area (Å²) in [5, 5.41) is 2.54. The fourth-order valence-electron chi connectivity index (χ4n) is 3.34. The molecule has 8 nitrogen and oxygen atoms in total. The van der Waals surface area contributed by atoms with Crippen LogP contribution in [0.3, 0.4) is 0 Å². The number of methoxy groups -OCH3 is 1. The molecule has 3 rings (SSSR count). The minimum Gasteiger partial charge on any atom is -0.467 e. The molecule has 0 unspecified atom stereocenters. The molecule has 0 atom stereocenters. The minimum atomic E-state index is -4.48. The molecule has 0 spiro atoms. The Balaban J connectivity index is 1.73. The van der Waals surface area contributed by atoms with E-state index in [1.165, 1.54) is 18.3 Å². The standard InChI is InChI=1S/C24H27F3N4O4/c1-29-11-3-5-20(29)15-31(16-21-6-4-13-35-21)22(32)17-30(12-14-34-2)23(33)28-19-9-7-18(8-10-19)24(25,26)27/h3-11,13H,12,14-17H2,1-2H3,(H,28,33). The molecule has 0 aliphatic rings. The quantitative estimate of drug-likeness (QED) is 0.457. The zero-order chi connectivity index (χ0) is 25.4. The number of rotatable bonds is 10. The molecule has 0 aliphatic heterocycles. The summed E-state index contributed by atoms with van der Waals surface area (Å²) in [5.74, 6) is 0.256. The Kier molecular flexibility index (Phi) is 8.58. The van der Waals surface area contributed by atoms with E-state index in [0.29, 0.717) is 12.3 Å². The van der Waals surface area contributed by atoms with Crippen molar-refractivity contribution in [3.63, 3.8) is 0 Å². The van der Waals surface area contributed by atoms with Gasteiger partial charge in [-0.25, -0.2) is 4.79 Å². The first-order valence-electron chi connectivity index (χ1n) is 10.8. The Morgan fingerprint density at radius 2 is 1.80 bits per heavy atom. The zero-order valence-corrected chi connectivity index (χ0v) is 19.4. The van der Waals surface area contributed by atoms with E-state index in [4.69, 9.17) is 9.15 Å². The second-order valence-electron chi connectivity index (χ2n) is 7.86. The summed E-state index contributed by atoms with van der Waals surface area (Å²) >= 11 is 0. The van der Waals surface area contributed by atoms with Crippen LogP contribution in [0.5, 0.6) is 0 Å². The molecule has 11 heteroatoms. The van der Waals surface area contributed by atoms with Crippen molar-refractivity contribution in [2.45, 2.75) is 19.3 Å². The number of urea groups is 1. The highest BCUT2D eigenvalue weighted by Crippen LogP contribution is 2.29. The predicted molar refractivity (Wildman–Crippen MR) is 122 cm³/mol. The van der Waals surface area contributed by atoms with Crippen molar-refractivity contribution in [2.24, 2.45) is 7.05 Å². The lowest BCUT2D eigenvalue weighted by molar-refractivity contribution is -0.137. The van der Waals surface area contributed by atoms with Gasteiger partial charge in [0.15, 0.2) is 0 Å². The van der Waals surface area contributed by atoms with E-state index in [9.17, 15) is 22.8 Å². The summed E-state index contributed by atoms with van der Waals surface area (Å²) in [7, 11) is 3.33. The highest BCUT2D eigenvalue weighted by Gasteiger charge is 2.30. The topological polar surface area (TPSA) is 80.0 Å². The lowest BCUT2D eigenvalue weighted by atomic mass is 10.2. The maximum absolute atomic E-state index is 13.3. The highest BCUT2D eigenvalue weighted by atomic mass is 19.4. The van der Waals surface area contributed by atoms with Crippen molar-refractivity contribution >= 4 is 17.6 Å². The van der Waals surface area contributed by atoms with Crippen LogP contribution >= 0.6 is 0 Å². The summed E-state index contributed by atoms with van der Waals surface area (Å²) in [6.45, 7) is 0.509. The maximum atomic E-state index is 13.3. The molecular weight excluding hydrogens is 465 g/mol. The van der Waals surface area contributed by atoms with Gasteiger partial charge in [-0.1, -0.05) is 0 Å². The van der Waals surface area contributed by atoms with E-state index in [0.717, 1.165) is 30.0 Å². The first kappa shape index (κ1) is 25.9. The summed E-state index contributed by atoms with van der Waals surface area (Å²) in [6, 6.07) is 10.7. The van der Waals surface area contributed by atoms with Gasteiger partial charge in [0.2, 0.25) is 5.91 Å². The third kappa shape index (κ3) is 7.38. The second kappa shape index (κ2) is 11.6. The monoisotopic (exact) mass is 492 g/mol. The lowest BCUT2D eigenvalue weighted by Gasteiger charge is -2.27. The van der Waals surface area contributed by atoms with E-state index in [2.05, 4.69) is 5.32 Å². The molecule has 0 radical (unpaired) electrons. The summed E-state index contributed by atoms with van der Waals surface area (Å²) in [5.41, 5.74) is 0.243. The van der Waals surface area contributed by atoms with Crippen molar-refractivity contribution in [1.29, 1.82) is 0 Å². The van der Waals surface area contributed by atoms with Crippen LogP contribution < -0.4 is 5.32 Å². The molecule has 188 valence electrons. The average molecular weight is 492 g/mol. The van der Waals surface area contributed by atoms with Crippen molar-refractivity contribution < 1.29 is 31.9 Å². The van der Waals surface area contributed by atoms with Crippen LogP contribution in [-0.4, -0.2) is 53.1 Å². The largest absolute Gasteiger partial charge is 0.467 e. The van der Waals surface area contributed by atoms with Gasteiger partial charge in [0.1, 0.15) is 12.3 Å². The number of aromatic nitrogens is 1. The number of benzene rings is 1. The van der Waals surface area contributed by atoms with Gasteiger partial charge < -0.3 is 28.8 Å². The number of alkyl halides is 3. The number of hydrogen-bond acceptors (Lipinski definition) is 4. The average Bonchev–Trinajstić information content (AvgIpc) is 3.47. The summed E-state index contributed by atoms with van der Waals surface area (Å²) < 4.78 is 50.8. The van der Waals surface area contributed by atoms with Crippen LogP contribution in [0.4, 0.5) is 23.7 Å². The van der Waals surface area contributed by atoms with Gasteiger partial charge in [0.25, 0.3) is 0 Å². The molecule has 2 heterocycles. The molecule has 3 aromatic rings. The van der Waals surface area contributed by atoms with Crippen molar-refractivity contribution in [2.75, 3.05) is 32.1 Å². The van der Waals surface area contributed by atoms with Gasteiger partial charge in [-0.2, -0.15) is 13.2 Å². The zero-order valence-electron chi connectivity index (χ0n) is 19.4. The summed E-state index contributed by atoms with van der Waals surface area (Å²) in [4.78, 5) is 29.0. The predicted octanol–water partition coefficient (Wildman–Crippen LogP) is 4.35. The third-order valence-corrected chi connectivity index (χ3v) is 5.33. The van der Waals surface area contributed by atoms with E-state index < -0.39 is 17.8 Å². The molecule has 35 heavy (non-hydrogen) atoms. The van der Waals surface area contributed by atoms with E-state index in [-0.39, 0.29) is 37.8 Å². The number of aryl methyl sites for hydroxylation is 1. The van der Waals surface area contributed by atoms with Gasteiger partial charge in [0.05, 0.1) is 31.5 Å². The Hall–Kier alpha value is -3.73. The van der Waals surface area contributed by atoms with Crippen LogP contribution in [-0.2, 0) is 35.8 Å². The number of furan rings is 1. The van der Waals surface area contributed by atoms with Gasteiger partial charge in [-0.3, -0.25) is 4.79 Å². The summed E-state index contributed by atoms with van der Waals surface area (Å²) in [6.07, 6.45) is -1.09. The molecule has 1 aromatic carbocycles. The van der Waals surface area contributed by atoms with Gasteiger partial charge in [-0.15, -0.1) is 0 Å². The molecule has 2 aromatic heterocycles. The van der Waals surface area contributed by atoms with Crippen LogP contribution in [0.15, 0.2) is 65.4 Å². The third-order valence-electron chi connectivity index (χ3n) is 5.33. The molecule has 0 bridgehead atoms. The van der Waals surface area contributed by atoms with Crippen molar-refractivity contribution in [1.82, 2.24) is 14.4 Å². The normalized spacial score (nSPS) is 11.3. The highest BCUT2D eigenvalue weighted by molar-refractivity contribution is 5.92. The number of carbonyl (C=O) groups excluding carboxylic acids is 2. The fraction of sp³-hybridized carbons (Fsp3) is 0.333. The number of nitrogens with zero attached hydrogens (tertiary/aromatic N) is 3. The van der Waals surface area contributed by atoms with Gasteiger partial charge in [-0.05, 0) is 48.5 Å². The van der Waals surface area contributed by atoms with Crippen LogP contribution in [0.2, 0.25) is 0 Å². The number of amides is 3. The number of hydrogen-bond donors (Lipinski definition) is 1. The Morgan fingerprint density at radius 3 is 2.37 bits per heavy atom. The first-order valence-corrected chi connectivity index (χ1v) is 10.8. The molecule has 3 amide bonds. The molecule has 1 N–H and O–H groups in total. The Labute approximate surface area is 200 Å². The first-order chi connectivity index (χ1) is 16.7. The number of nitrogens with one attached hydrogen (secondary N) is 1. The van der Waals surface area contributed by atoms with Crippen LogP contribution in [0, 0.1) is 0 Å². The SMILES string of the molecule is COCCN(CC(=O)N(Cc1ccco1)Cc1cccn1C)C(=O)Nc1ccc(C(F)(F)F)cc1. The van der Waals surface area contributed by atoms with E-state index in [1.807, 2.05) is 29.9 Å². The smallest absolute Gasteiger partial charge is 0.416 e. The molecule has 0 fully saturated rings. The van der Waals surface area contributed by atoms with Crippen LogP contribution in [0.1, 0.15) is 17.0 Å². The maximum Gasteiger partial charge on any atom is 0.416 e. The minimum absolute atomic E-state index is 0.105. The Bertz CT molecular complexity index is 1090. The van der Waals surface area contributed by atoms with E-state index >= 15 is 0 Å². The lowest BCUT2D eigenvalue weighted by Crippen LogP contribution is -2.45. The number of anilines is 1. The van der Waals surface area contributed by atoms with Crippen molar-refractivity contribution in [3.8, 4) is 0 Å². The van der Waals surface area contributed by atoms with E-state index in [1.54, 1.807) is 17.0 Å². The Morgan fingerprint density at radius 1 is 1.06 bits per heavy atom. The van der Waals surface area contributed by atoms with Gasteiger partial charge in [0, 0.05) is 38.3 Å². The van der Waals surface area contributed by atoms with Crippen LogP contribution in [0.25, 0.3) is 0 Å². The molecule has 0 saturated carbocycles. The van der Waals surface area contributed by atoms with Crippen molar-refractivity contribution in [3.05, 3.63) is 78.0 Å². The molecule has 0 aliphatic carbocycles. The molecule has 0 saturated heterocycles.